The average Bonchev–Trinajstić information content (AvgIpc) is 2.82. The number of nitrogens with zero attached hydrogens (tertiary/aromatic N) is 2. The second-order valence-electron chi connectivity index (χ2n) is 3.96. The fraction of sp³-hybridized carbons (Fsp3) is 0.0667. The highest BCUT2D eigenvalue weighted by molar-refractivity contribution is 5.90. The number of nitriles is 1. The Hall–Kier alpha value is -2.60. The van der Waals surface area contributed by atoms with Crippen LogP contribution in [0.4, 0.5) is 0 Å². The summed E-state index contributed by atoms with van der Waals surface area (Å²) in [6, 6.07) is 17.9. The zero-order valence-electron chi connectivity index (χ0n) is 9.63. The van der Waals surface area contributed by atoms with E-state index in [1.807, 2.05) is 54.6 Å². The van der Waals surface area contributed by atoms with Crippen molar-refractivity contribution in [2.24, 2.45) is 0 Å². The van der Waals surface area contributed by atoms with Crippen LogP contribution >= 0.6 is 0 Å². The summed E-state index contributed by atoms with van der Waals surface area (Å²) >= 11 is 0. The smallest absolute Gasteiger partial charge is 0.209 e. The minimum absolute atomic E-state index is 0.197. The molecule has 0 atom stereocenters. The molecule has 0 saturated carbocycles. The van der Waals surface area contributed by atoms with Crippen LogP contribution in [0.1, 0.15) is 5.89 Å². The van der Waals surface area contributed by atoms with Crippen molar-refractivity contribution in [3.63, 3.8) is 0 Å². The van der Waals surface area contributed by atoms with Gasteiger partial charge in [-0.3, -0.25) is 0 Å². The predicted octanol–water partition coefficient (Wildman–Crippen LogP) is 3.56. The average molecular weight is 234 g/mol. The molecule has 86 valence electrons. The van der Waals surface area contributed by atoms with E-state index < -0.39 is 0 Å². The quantitative estimate of drug-likeness (QED) is 0.681. The summed E-state index contributed by atoms with van der Waals surface area (Å²) < 4.78 is 5.54. The molecule has 0 aliphatic carbocycles. The van der Waals surface area contributed by atoms with Crippen molar-refractivity contribution in [1.82, 2.24) is 4.98 Å². The molecule has 3 heteroatoms. The van der Waals surface area contributed by atoms with Crippen LogP contribution in [0.25, 0.3) is 22.2 Å². The lowest BCUT2D eigenvalue weighted by atomic mass is 10.0. The van der Waals surface area contributed by atoms with Crippen molar-refractivity contribution >= 4 is 11.1 Å². The lowest BCUT2D eigenvalue weighted by molar-refractivity contribution is 0.548. The van der Waals surface area contributed by atoms with Crippen LogP contribution in [-0.2, 0) is 6.42 Å². The first-order valence-electron chi connectivity index (χ1n) is 5.69. The van der Waals surface area contributed by atoms with Crippen LogP contribution in [0, 0.1) is 11.3 Å². The molecular weight excluding hydrogens is 224 g/mol. The number of rotatable bonds is 2. The number of hydrogen-bond acceptors (Lipinski definition) is 3. The van der Waals surface area contributed by atoms with Crippen molar-refractivity contribution in [3.05, 3.63) is 54.4 Å². The highest BCUT2D eigenvalue weighted by Crippen LogP contribution is 2.28. The third-order valence-electron chi connectivity index (χ3n) is 2.78. The van der Waals surface area contributed by atoms with Crippen LogP contribution < -0.4 is 0 Å². The summed E-state index contributed by atoms with van der Waals surface area (Å²) in [4.78, 5) is 4.39. The van der Waals surface area contributed by atoms with E-state index >= 15 is 0 Å². The Morgan fingerprint density at radius 3 is 2.67 bits per heavy atom. The summed E-state index contributed by atoms with van der Waals surface area (Å²) in [5.41, 5.74) is 3.66. The second-order valence-corrected chi connectivity index (χ2v) is 3.96. The largest absolute Gasteiger partial charge is 0.440 e. The number of aromatic nitrogens is 1. The SMILES string of the molecule is N#CCc1nc2c(-c3ccccc3)cccc2o1. The summed E-state index contributed by atoms with van der Waals surface area (Å²) in [5.74, 6) is 0.468. The molecule has 1 aromatic heterocycles. The van der Waals surface area contributed by atoms with Gasteiger partial charge in [-0.05, 0) is 11.6 Å². The summed E-state index contributed by atoms with van der Waals surface area (Å²) in [5, 5.41) is 8.68. The van der Waals surface area contributed by atoms with Gasteiger partial charge in [0, 0.05) is 5.56 Å². The topological polar surface area (TPSA) is 49.8 Å². The van der Waals surface area contributed by atoms with Crippen molar-refractivity contribution in [3.8, 4) is 17.2 Å². The van der Waals surface area contributed by atoms with E-state index in [0.29, 0.717) is 5.89 Å². The molecule has 18 heavy (non-hydrogen) atoms. The standard InChI is InChI=1S/C15H10N2O/c16-10-9-14-17-15-12(7-4-8-13(15)18-14)11-5-2-1-3-6-11/h1-8H,9H2. The number of fused-ring (bicyclic) bond motifs is 1. The van der Waals surface area contributed by atoms with Crippen molar-refractivity contribution < 1.29 is 4.42 Å². The molecule has 3 aromatic rings. The molecule has 0 bridgehead atoms. The van der Waals surface area contributed by atoms with Gasteiger partial charge in [-0.1, -0.05) is 42.5 Å². The predicted molar refractivity (Wildman–Crippen MR) is 68.8 cm³/mol. The normalized spacial score (nSPS) is 10.4. The van der Waals surface area contributed by atoms with Gasteiger partial charge in [0.05, 0.1) is 6.07 Å². The molecular formula is C15H10N2O. The lowest BCUT2D eigenvalue weighted by Crippen LogP contribution is -1.81. The Labute approximate surface area is 104 Å². The van der Waals surface area contributed by atoms with E-state index in [4.69, 9.17) is 9.68 Å². The highest BCUT2D eigenvalue weighted by Gasteiger charge is 2.10. The maximum absolute atomic E-state index is 8.68. The first kappa shape index (κ1) is 10.5. The van der Waals surface area contributed by atoms with Gasteiger partial charge in [-0.15, -0.1) is 0 Å². The summed E-state index contributed by atoms with van der Waals surface area (Å²) in [6.07, 6.45) is 0.197. The minimum Gasteiger partial charge on any atom is -0.440 e. The van der Waals surface area contributed by atoms with Crippen molar-refractivity contribution in [2.45, 2.75) is 6.42 Å². The van der Waals surface area contributed by atoms with Crippen LogP contribution in [-0.4, -0.2) is 4.98 Å². The Morgan fingerprint density at radius 2 is 1.89 bits per heavy atom. The van der Waals surface area contributed by atoms with E-state index in [1.165, 1.54) is 0 Å². The van der Waals surface area contributed by atoms with Crippen LogP contribution in [0.2, 0.25) is 0 Å². The second kappa shape index (κ2) is 4.34. The van der Waals surface area contributed by atoms with Gasteiger partial charge < -0.3 is 4.42 Å². The van der Waals surface area contributed by atoms with Gasteiger partial charge in [-0.25, -0.2) is 4.98 Å². The Morgan fingerprint density at radius 1 is 1.06 bits per heavy atom. The molecule has 0 unspecified atom stereocenters. The van der Waals surface area contributed by atoms with Gasteiger partial charge in [0.25, 0.3) is 0 Å². The van der Waals surface area contributed by atoms with Gasteiger partial charge in [-0.2, -0.15) is 5.26 Å². The molecule has 1 heterocycles. The zero-order chi connectivity index (χ0) is 12.4. The van der Waals surface area contributed by atoms with Gasteiger partial charge in [0.2, 0.25) is 5.89 Å². The maximum Gasteiger partial charge on any atom is 0.209 e. The van der Waals surface area contributed by atoms with Gasteiger partial charge in [0.1, 0.15) is 11.9 Å². The van der Waals surface area contributed by atoms with Gasteiger partial charge in [0.15, 0.2) is 5.58 Å². The first-order valence-corrected chi connectivity index (χ1v) is 5.69. The molecule has 0 N–H and O–H groups in total. The van der Waals surface area contributed by atoms with Crippen molar-refractivity contribution in [1.29, 1.82) is 5.26 Å². The Balaban J connectivity index is 2.21. The zero-order valence-corrected chi connectivity index (χ0v) is 9.63. The number of oxazole rings is 1. The van der Waals surface area contributed by atoms with E-state index in [1.54, 1.807) is 0 Å². The minimum atomic E-state index is 0.197. The third-order valence-corrected chi connectivity index (χ3v) is 2.78. The molecule has 0 aliphatic heterocycles. The summed E-state index contributed by atoms with van der Waals surface area (Å²) in [7, 11) is 0. The first-order chi connectivity index (χ1) is 8.88. The molecule has 0 amide bonds. The lowest BCUT2D eigenvalue weighted by Gasteiger charge is -2.00. The number of hydrogen-bond donors (Lipinski definition) is 0. The molecule has 0 fully saturated rings. The molecule has 0 aliphatic rings. The number of benzene rings is 2. The summed E-state index contributed by atoms with van der Waals surface area (Å²) in [6.45, 7) is 0. The van der Waals surface area contributed by atoms with Crippen molar-refractivity contribution in [2.75, 3.05) is 0 Å². The van der Waals surface area contributed by atoms with Crippen LogP contribution in [0.3, 0.4) is 0 Å². The van der Waals surface area contributed by atoms with E-state index in [0.717, 1.165) is 22.2 Å². The van der Waals surface area contributed by atoms with E-state index in [-0.39, 0.29) is 6.42 Å². The number of para-hydroxylation sites is 1. The fourth-order valence-corrected chi connectivity index (χ4v) is 1.99. The highest BCUT2D eigenvalue weighted by atomic mass is 16.3. The molecule has 3 rings (SSSR count). The molecule has 2 aromatic carbocycles. The monoisotopic (exact) mass is 234 g/mol. The fourth-order valence-electron chi connectivity index (χ4n) is 1.99. The van der Waals surface area contributed by atoms with Gasteiger partial charge >= 0.3 is 0 Å². The molecule has 3 nitrogen and oxygen atoms in total. The molecule has 0 spiro atoms. The maximum atomic E-state index is 8.68. The van der Waals surface area contributed by atoms with Crippen LogP contribution in [0.5, 0.6) is 0 Å². The Bertz CT molecular complexity index is 723. The Kier molecular flexibility index (Phi) is 2.54. The van der Waals surface area contributed by atoms with E-state index in [2.05, 4.69) is 4.98 Å². The molecule has 0 saturated heterocycles. The van der Waals surface area contributed by atoms with Crippen LogP contribution in [0.15, 0.2) is 52.9 Å². The third kappa shape index (κ3) is 1.74. The van der Waals surface area contributed by atoms with E-state index in [9.17, 15) is 0 Å². The molecule has 0 radical (unpaired) electrons.